The van der Waals surface area contributed by atoms with E-state index in [0.717, 1.165) is 17.7 Å². The number of anilines is 1. The fraction of sp³-hybridized carbons (Fsp3) is 0.273. The predicted molar refractivity (Wildman–Crippen MR) is 117 cm³/mol. The molecule has 9 heteroatoms. The molecule has 0 spiro atoms. The van der Waals surface area contributed by atoms with Gasteiger partial charge in [0.2, 0.25) is 0 Å². The van der Waals surface area contributed by atoms with Crippen LogP contribution in [0.2, 0.25) is 0 Å². The SMILES string of the molecule is CCc1ccccc1NC(=O)COc1ccccc1/C=N\NC(=O)C(=O)NCCOC. The van der Waals surface area contributed by atoms with E-state index in [9.17, 15) is 14.4 Å². The third-order valence-electron chi connectivity index (χ3n) is 4.12. The van der Waals surface area contributed by atoms with Gasteiger partial charge in [-0.1, -0.05) is 37.3 Å². The monoisotopic (exact) mass is 426 g/mol. The van der Waals surface area contributed by atoms with Crippen LogP contribution in [0, 0.1) is 0 Å². The van der Waals surface area contributed by atoms with E-state index < -0.39 is 11.8 Å². The highest BCUT2D eigenvalue weighted by atomic mass is 16.5. The van der Waals surface area contributed by atoms with Crippen molar-refractivity contribution in [2.45, 2.75) is 13.3 Å². The Balaban J connectivity index is 1.90. The summed E-state index contributed by atoms with van der Waals surface area (Å²) in [6, 6.07) is 14.4. The second-order valence-electron chi connectivity index (χ2n) is 6.33. The second-order valence-corrected chi connectivity index (χ2v) is 6.33. The number of methoxy groups -OCH3 is 1. The van der Waals surface area contributed by atoms with Crippen LogP contribution in [0.1, 0.15) is 18.1 Å². The summed E-state index contributed by atoms with van der Waals surface area (Å²) in [5, 5.41) is 8.99. The quantitative estimate of drug-likeness (QED) is 0.230. The molecule has 0 aromatic heterocycles. The van der Waals surface area contributed by atoms with Crippen molar-refractivity contribution in [1.82, 2.24) is 10.7 Å². The van der Waals surface area contributed by atoms with Crippen molar-refractivity contribution < 1.29 is 23.9 Å². The highest BCUT2D eigenvalue weighted by molar-refractivity contribution is 6.35. The first-order valence-electron chi connectivity index (χ1n) is 9.75. The normalized spacial score (nSPS) is 10.5. The van der Waals surface area contributed by atoms with Crippen LogP contribution in [-0.4, -0.2) is 50.8 Å². The number of hydrogen-bond acceptors (Lipinski definition) is 6. The Morgan fingerprint density at radius 2 is 1.77 bits per heavy atom. The molecule has 0 aliphatic rings. The first-order chi connectivity index (χ1) is 15.0. The molecule has 0 saturated heterocycles. The average molecular weight is 426 g/mol. The van der Waals surface area contributed by atoms with E-state index in [1.165, 1.54) is 13.3 Å². The van der Waals surface area contributed by atoms with Crippen LogP contribution in [0.4, 0.5) is 5.69 Å². The first-order valence-corrected chi connectivity index (χ1v) is 9.75. The molecule has 0 aliphatic carbocycles. The molecule has 0 unspecified atom stereocenters. The van der Waals surface area contributed by atoms with E-state index in [4.69, 9.17) is 9.47 Å². The smallest absolute Gasteiger partial charge is 0.329 e. The van der Waals surface area contributed by atoms with Gasteiger partial charge in [0.1, 0.15) is 5.75 Å². The minimum Gasteiger partial charge on any atom is -0.483 e. The fourth-order valence-electron chi connectivity index (χ4n) is 2.56. The summed E-state index contributed by atoms with van der Waals surface area (Å²) in [5.74, 6) is -1.61. The lowest BCUT2D eigenvalue weighted by molar-refractivity contribution is -0.139. The molecule has 31 heavy (non-hydrogen) atoms. The number of amides is 3. The Morgan fingerprint density at radius 1 is 1.03 bits per heavy atom. The number of benzene rings is 2. The van der Waals surface area contributed by atoms with Gasteiger partial charge in [-0.15, -0.1) is 0 Å². The van der Waals surface area contributed by atoms with Crippen LogP contribution >= 0.6 is 0 Å². The molecule has 2 aromatic rings. The molecule has 0 fully saturated rings. The van der Waals surface area contributed by atoms with Gasteiger partial charge in [0.25, 0.3) is 5.91 Å². The van der Waals surface area contributed by atoms with Crippen molar-refractivity contribution >= 4 is 29.6 Å². The number of carbonyl (C=O) groups is 3. The van der Waals surface area contributed by atoms with Crippen molar-refractivity contribution in [3.63, 3.8) is 0 Å². The van der Waals surface area contributed by atoms with Gasteiger partial charge in [0.15, 0.2) is 6.61 Å². The Hall–Kier alpha value is -3.72. The number of hydrazone groups is 1. The second kappa shape index (κ2) is 12.8. The van der Waals surface area contributed by atoms with Gasteiger partial charge in [-0.3, -0.25) is 14.4 Å². The Morgan fingerprint density at radius 3 is 2.55 bits per heavy atom. The molecule has 9 nitrogen and oxygen atoms in total. The van der Waals surface area contributed by atoms with Gasteiger partial charge in [0.05, 0.1) is 12.8 Å². The molecule has 164 valence electrons. The van der Waals surface area contributed by atoms with Gasteiger partial charge in [-0.25, -0.2) is 5.43 Å². The van der Waals surface area contributed by atoms with Crippen LogP contribution in [0.5, 0.6) is 5.75 Å². The third kappa shape index (κ3) is 7.90. The lowest BCUT2D eigenvalue weighted by Crippen LogP contribution is -2.39. The molecule has 2 aromatic carbocycles. The average Bonchev–Trinajstić information content (AvgIpc) is 2.78. The number of carbonyl (C=O) groups excluding carboxylic acids is 3. The fourth-order valence-corrected chi connectivity index (χ4v) is 2.56. The number of hydrogen-bond donors (Lipinski definition) is 3. The van der Waals surface area contributed by atoms with Gasteiger partial charge >= 0.3 is 11.8 Å². The summed E-state index contributed by atoms with van der Waals surface area (Å²) in [6.07, 6.45) is 2.13. The van der Waals surface area contributed by atoms with E-state index in [1.54, 1.807) is 24.3 Å². The Labute approximate surface area is 180 Å². The predicted octanol–water partition coefficient (Wildman–Crippen LogP) is 1.48. The molecule has 0 saturated carbocycles. The topological polar surface area (TPSA) is 118 Å². The largest absolute Gasteiger partial charge is 0.483 e. The van der Waals surface area contributed by atoms with Gasteiger partial charge in [-0.05, 0) is 30.2 Å². The summed E-state index contributed by atoms with van der Waals surface area (Å²) >= 11 is 0. The highest BCUT2D eigenvalue weighted by Gasteiger charge is 2.12. The van der Waals surface area contributed by atoms with Crippen LogP contribution < -0.4 is 20.8 Å². The summed E-state index contributed by atoms with van der Waals surface area (Å²) in [5.41, 5.74) is 4.45. The molecule has 0 bridgehead atoms. The van der Waals surface area contributed by atoms with E-state index in [2.05, 4.69) is 21.2 Å². The third-order valence-corrected chi connectivity index (χ3v) is 4.12. The van der Waals surface area contributed by atoms with Crippen LogP contribution in [0.3, 0.4) is 0 Å². The summed E-state index contributed by atoms with van der Waals surface area (Å²) in [6.45, 7) is 2.33. The zero-order chi connectivity index (χ0) is 22.5. The molecule has 3 N–H and O–H groups in total. The number of aryl methyl sites for hydroxylation is 1. The number of rotatable bonds is 10. The molecule has 0 aliphatic heterocycles. The maximum Gasteiger partial charge on any atom is 0.329 e. The van der Waals surface area contributed by atoms with Crippen LogP contribution in [0.15, 0.2) is 53.6 Å². The standard InChI is InChI=1S/C22H26N4O5/c1-3-16-8-4-6-10-18(16)25-20(27)15-31-19-11-7-5-9-17(19)14-24-26-22(29)21(28)23-12-13-30-2/h4-11,14H,3,12-13,15H2,1-2H3,(H,23,28)(H,25,27)(H,26,29)/b24-14-. The molecule has 2 rings (SSSR count). The lowest BCUT2D eigenvalue weighted by Gasteiger charge is -2.11. The van der Waals surface area contributed by atoms with Gasteiger partial charge in [0, 0.05) is 24.9 Å². The molecular weight excluding hydrogens is 400 g/mol. The summed E-state index contributed by atoms with van der Waals surface area (Å²) in [7, 11) is 1.49. The molecule has 3 amide bonds. The van der Waals surface area contributed by atoms with Crippen LogP contribution in [-0.2, 0) is 25.5 Å². The minimum absolute atomic E-state index is 0.197. The van der Waals surface area contributed by atoms with E-state index in [0.29, 0.717) is 17.9 Å². The maximum absolute atomic E-state index is 12.3. The van der Waals surface area contributed by atoms with Crippen molar-refractivity contribution in [2.24, 2.45) is 5.10 Å². The number of ether oxygens (including phenoxy) is 2. The van der Waals surface area contributed by atoms with E-state index >= 15 is 0 Å². The van der Waals surface area contributed by atoms with Crippen molar-refractivity contribution in [2.75, 3.05) is 32.2 Å². The zero-order valence-electron chi connectivity index (χ0n) is 17.5. The van der Waals surface area contributed by atoms with Gasteiger partial charge < -0.3 is 20.1 Å². The summed E-state index contributed by atoms with van der Waals surface area (Å²) < 4.78 is 10.4. The number of nitrogens with one attached hydrogen (secondary N) is 3. The van der Waals surface area contributed by atoms with Crippen molar-refractivity contribution in [3.05, 3.63) is 59.7 Å². The number of nitrogens with zero attached hydrogens (tertiary/aromatic N) is 1. The van der Waals surface area contributed by atoms with Gasteiger partial charge in [-0.2, -0.15) is 5.10 Å². The maximum atomic E-state index is 12.3. The Bertz CT molecular complexity index is 930. The van der Waals surface area contributed by atoms with E-state index in [1.807, 2.05) is 31.2 Å². The van der Waals surface area contributed by atoms with Crippen LogP contribution in [0.25, 0.3) is 0 Å². The van der Waals surface area contributed by atoms with Crippen molar-refractivity contribution in [1.29, 1.82) is 0 Å². The molecule has 0 radical (unpaired) electrons. The zero-order valence-corrected chi connectivity index (χ0v) is 17.5. The van der Waals surface area contributed by atoms with E-state index in [-0.39, 0.29) is 19.1 Å². The minimum atomic E-state index is -0.903. The summed E-state index contributed by atoms with van der Waals surface area (Å²) in [4.78, 5) is 35.5. The molecular formula is C22H26N4O5. The molecule has 0 heterocycles. The Kier molecular flexibility index (Phi) is 9.70. The highest BCUT2D eigenvalue weighted by Crippen LogP contribution is 2.17. The molecule has 0 atom stereocenters. The number of para-hydroxylation sites is 2. The lowest BCUT2D eigenvalue weighted by atomic mass is 10.1. The van der Waals surface area contributed by atoms with Crippen molar-refractivity contribution in [3.8, 4) is 5.75 Å². The first kappa shape index (κ1) is 23.6.